The molecule has 12 atom stereocenters. The van der Waals surface area contributed by atoms with Crippen molar-refractivity contribution in [2.24, 2.45) is 41.4 Å². The number of hydrogen-bond acceptors (Lipinski definition) is 8. The number of allylic oxidation sites excluding steroid dienone is 6. The van der Waals surface area contributed by atoms with Crippen molar-refractivity contribution in [1.29, 1.82) is 0 Å². The minimum Gasteiger partial charge on any atom is -0.458 e. The van der Waals surface area contributed by atoms with Gasteiger partial charge in [-0.15, -0.1) is 0 Å². The highest BCUT2D eigenvalue weighted by molar-refractivity contribution is 5.66. The number of hydrogen-bond donors (Lipinski definition) is 4. The first-order valence-electron chi connectivity index (χ1n) is 33.1. The minimum atomic E-state index is -0.178. The van der Waals surface area contributed by atoms with Gasteiger partial charge in [0, 0.05) is 13.8 Å². The summed E-state index contributed by atoms with van der Waals surface area (Å²) in [4.78, 5) is 21.7. The van der Waals surface area contributed by atoms with Gasteiger partial charge in [0.15, 0.2) is 0 Å². The Hall–Kier alpha value is -2.78. The van der Waals surface area contributed by atoms with Crippen LogP contribution in [-0.2, 0) is 19.1 Å². The zero-order valence-electron chi connectivity index (χ0n) is 54.6. The third-order valence-corrected chi connectivity index (χ3v) is 16.8. The summed E-state index contributed by atoms with van der Waals surface area (Å²) >= 11 is 0. The van der Waals surface area contributed by atoms with Crippen LogP contribution in [0, 0.1) is 41.4 Å². The highest BCUT2D eigenvalue weighted by Crippen LogP contribution is 2.33. The van der Waals surface area contributed by atoms with Crippen LogP contribution in [0.2, 0.25) is 0 Å². The molecular formula is C72H128O8. The molecule has 8 heteroatoms. The van der Waals surface area contributed by atoms with Gasteiger partial charge < -0.3 is 29.9 Å². The lowest BCUT2D eigenvalue weighted by atomic mass is 9.83. The molecule has 0 fully saturated rings. The smallest absolute Gasteiger partial charge is 0.303 e. The lowest BCUT2D eigenvalue weighted by Gasteiger charge is -2.27. The Morgan fingerprint density at radius 2 is 0.675 bits per heavy atom. The molecule has 0 spiro atoms. The molecule has 6 aliphatic carbocycles. The van der Waals surface area contributed by atoms with Crippen molar-refractivity contribution in [3.63, 3.8) is 0 Å². The molecule has 8 nitrogen and oxygen atoms in total. The van der Waals surface area contributed by atoms with E-state index in [1.54, 1.807) is 0 Å². The third kappa shape index (κ3) is 38.9. The van der Waals surface area contributed by atoms with Gasteiger partial charge in [0.2, 0.25) is 0 Å². The maximum absolute atomic E-state index is 10.9. The third-order valence-electron chi connectivity index (χ3n) is 16.8. The van der Waals surface area contributed by atoms with Crippen LogP contribution in [0.4, 0.5) is 0 Å². The summed E-state index contributed by atoms with van der Waals surface area (Å²) in [5.74, 6) is 4.75. The van der Waals surface area contributed by atoms with Crippen molar-refractivity contribution in [3.8, 4) is 0 Å². The summed E-state index contributed by atoms with van der Waals surface area (Å²) in [5, 5.41) is 38.1. The van der Waals surface area contributed by atoms with Gasteiger partial charge in [0.05, 0.1) is 24.4 Å². The molecule has 80 heavy (non-hydrogen) atoms. The second-order valence-electron chi connectivity index (χ2n) is 26.5. The van der Waals surface area contributed by atoms with Gasteiger partial charge in [-0.25, -0.2) is 0 Å². The van der Waals surface area contributed by atoms with Crippen LogP contribution in [-0.4, -0.2) is 69.0 Å². The van der Waals surface area contributed by atoms with Gasteiger partial charge in [-0.05, 0) is 179 Å². The Kier molecular flexibility index (Phi) is 42.0. The van der Waals surface area contributed by atoms with E-state index < -0.39 is 0 Å². The number of carbonyl (C=O) groups excluding carboxylic acids is 2. The highest BCUT2D eigenvalue weighted by atomic mass is 16.5. The molecule has 0 aromatic rings. The maximum atomic E-state index is 10.9. The second-order valence-corrected chi connectivity index (χ2v) is 26.5. The molecule has 12 unspecified atom stereocenters. The summed E-state index contributed by atoms with van der Waals surface area (Å²) in [6, 6.07) is 0. The topological polar surface area (TPSA) is 134 Å². The molecule has 0 radical (unpaired) electrons. The minimum absolute atomic E-state index is 0.0243. The van der Waals surface area contributed by atoms with Crippen LogP contribution in [0.3, 0.4) is 0 Å². The van der Waals surface area contributed by atoms with E-state index in [0.29, 0.717) is 17.8 Å². The lowest BCUT2D eigenvalue weighted by molar-refractivity contribution is -0.146. The molecule has 0 saturated carbocycles. The molecule has 6 rings (SSSR count). The van der Waals surface area contributed by atoms with Crippen LogP contribution in [0.1, 0.15) is 296 Å². The largest absolute Gasteiger partial charge is 0.458 e. The predicted octanol–water partition coefficient (Wildman–Crippen LogP) is 19.1. The fourth-order valence-electron chi connectivity index (χ4n) is 13.4. The fourth-order valence-corrected chi connectivity index (χ4v) is 13.4. The monoisotopic (exact) mass is 1120 g/mol. The number of ether oxygens (including phenoxy) is 2. The predicted molar refractivity (Wildman–Crippen MR) is 340 cm³/mol. The molecule has 0 heterocycles. The molecule has 0 amide bonds. The average molecular weight is 1120 g/mol. The molecule has 4 N–H and O–H groups in total. The van der Waals surface area contributed by atoms with Gasteiger partial charge in [-0.3, -0.25) is 9.59 Å². The van der Waals surface area contributed by atoms with E-state index in [9.17, 15) is 30.0 Å². The van der Waals surface area contributed by atoms with E-state index in [0.717, 1.165) is 68.6 Å². The normalized spacial score (nSPS) is 28.1. The van der Waals surface area contributed by atoms with E-state index in [4.69, 9.17) is 9.47 Å². The van der Waals surface area contributed by atoms with E-state index in [-0.39, 0.29) is 48.6 Å². The first kappa shape index (κ1) is 75.2. The number of carbonyl (C=O) groups is 2. The summed E-state index contributed by atoms with van der Waals surface area (Å²) in [6.07, 6.45) is 48.2. The maximum Gasteiger partial charge on any atom is 0.303 e. The van der Waals surface area contributed by atoms with Crippen molar-refractivity contribution < 1.29 is 39.5 Å². The zero-order chi connectivity index (χ0) is 60.0. The zero-order valence-corrected chi connectivity index (χ0v) is 54.6. The first-order chi connectivity index (χ1) is 38.0. The Morgan fingerprint density at radius 1 is 0.400 bits per heavy atom. The van der Waals surface area contributed by atoms with Crippen molar-refractivity contribution in [2.75, 3.05) is 0 Å². The molecule has 0 saturated heterocycles. The number of aliphatic hydroxyl groups excluding tert-OH is 4. The van der Waals surface area contributed by atoms with Crippen molar-refractivity contribution in [3.05, 3.63) is 69.9 Å². The van der Waals surface area contributed by atoms with Crippen LogP contribution in [0.25, 0.3) is 0 Å². The SMILES string of the molecule is CC1=CC(O)CC(CC(C)C)C1.CCC1CC(C)=CC(OC(C)=O)C1.CCCCC1CC(C)=CC(O)C1.CCCCC1CC(C)=CC(OC(C)=O)C1.CCCCCC1CC(C)=CC(O)C1.CCCCCCCC1CC(C)=CC(O)C1. The quantitative estimate of drug-likeness (QED) is 0.0507. The Labute approximate surface area is 493 Å². The highest BCUT2D eigenvalue weighted by Gasteiger charge is 2.25. The van der Waals surface area contributed by atoms with Crippen molar-refractivity contribution >= 4 is 11.9 Å². The summed E-state index contributed by atoms with van der Waals surface area (Å²) < 4.78 is 10.4. The lowest BCUT2D eigenvalue weighted by Crippen LogP contribution is -2.22. The van der Waals surface area contributed by atoms with Gasteiger partial charge in [0.1, 0.15) is 12.2 Å². The van der Waals surface area contributed by atoms with Gasteiger partial charge >= 0.3 is 11.9 Å². The van der Waals surface area contributed by atoms with E-state index in [1.165, 1.54) is 195 Å². The molecule has 0 bridgehead atoms. The number of esters is 2. The van der Waals surface area contributed by atoms with E-state index in [1.807, 2.05) is 24.3 Å². The first-order valence-corrected chi connectivity index (χ1v) is 33.1. The summed E-state index contributed by atoms with van der Waals surface area (Å²) in [5.41, 5.74) is 8.21. The average Bonchev–Trinajstić information content (AvgIpc) is 3.34. The van der Waals surface area contributed by atoms with Crippen LogP contribution in [0.5, 0.6) is 0 Å². The van der Waals surface area contributed by atoms with Crippen LogP contribution in [0.15, 0.2) is 69.9 Å². The van der Waals surface area contributed by atoms with Crippen molar-refractivity contribution in [1.82, 2.24) is 0 Å². The summed E-state index contributed by atoms with van der Waals surface area (Å²) in [7, 11) is 0. The Bertz CT molecular complexity index is 1830. The van der Waals surface area contributed by atoms with Gasteiger partial charge in [-0.1, -0.05) is 215 Å². The standard InChI is InChI=1S/C14H26O.C13H22O2.C12H22O.C11H18O2.2C11H20O/c1-3-4-5-6-7-8-13-9-12(2)10-14(15)11-13;1-4-5-6-12-7-10(2)8-13(9-12)15-11(3)14;1-3-4-5-6-11-7-10(2)8-12(13)9-11;1-4-10-5-8(2)6-11(7-10)13-9(3)12;1-8(2)4-10-5-9(3)6-11(12)7-10;1-3-4-5-10-6-9(2)7-11(12)8-10/h10,13-15H,3-9,11H2,1-2H3;8,12-13H,4-7,9H2,1-3H3;8,11-13H,3-7,9H2,1-2H3;6,10-11H,4-5,7H2,1-3H3;6,8,10-12H,4-5,7H2,1-3H3;7,10-12H,3-6,8H2,1-2H3. The van der Waals surface area contributed by atoms with Crippen molar-refractivity contribution in [2.45, 2.75) is 333 Å². The molecular weight excluding hydrogens is 993 g/mol. The molecule has 0 aromatic heterocycles. The van der Waals surface area contributed by atoms with Gasteiger partial charge in [0.25, 0.3) is 0 Å². The molecule has 464 valence electrons. The van der Waals surface area contributed by atoms with Gasteiger partial charge in [-0.2, -0.15) is 0 Å². The van der Waals surface area contributed by atoms with E-state index in [2.05, 4.69) is 102 Å². The van der Waals surface area contributed by atoms with Crippen LogP contribution >= 0.6 is 0 Å². The molecule has 0 aromatic carbocycles. The fraction of sp³-hybridized carbons (Fsp3) is 0.806. The molecule has 6 aliphatic rings. The number of unbranched alkanes of at least 4 members (excludes halogenated alkanes) is 8. The second kappa shape index (κ2) is 44.7. The Balaban J connectivity index is 0.000000481. The van der Waals surface area contributed by atoms with Crippen LogP contribution < -0.4 is 0 Å². The Morgan fingerprint density at radius 3 is 1.01 bits per heavy atom. The summed E-state index contributed by atoms with van der Waals surface area (Å²) in [6.45, 7) is 31.3. The molecule has 0 aliphatic heterocycles. The van der Waals surface area contributed by atoms with E-state index >= 15 is 0 Å². The number of rotatable bonds is 21. The number of aliphatic hydroxyl groups is 4.